The molecule has 0 saturated heterocycles. The van der Waals surface area contributed by atoms with E-state index in [-0.39, 0.29) is 5.91 Å². The molecule has 2 heterocycles. The maximum absolute atomic E-state index is 12.7. The number of sulfonamides is 1. The van der Waals surface area contributed by atoms with Crippen LogP contribution in [0.3, 0.4) is 0 Å². The van der Waals surface area contributed by atoms with Crippen molar-refractivity contribution in [3.8, 4) is 6.07 Å². The maximum Gasteiger partial charge on any atom is 0.243 e. The number of nitriles is 1. The second-order valence-corrected chi connectivity index (χ2v) is 9.54. The Labute approximate surface area is 175 Å². The van der Waals surface area contributed by atoms with Gasteiger partial charge in [-0.2, -0.15) is 9.57 Å². The van der Waals surface area contributed by atoms with Gasteiger partial charge in [-0.05, 0) is 41.6 Å². The van der Waals surface area contributed by atoms with Crippen molar-refractivity contribution in [3.05, 3.63) is 40.8 Å². The van der Waals surface area contributed by atoms with E-state index in [0.29, 0.717) is 41.5 Å². The van der Waals surface area contributed by atoms with Crippen molar-refractivity contribution in [3.63, 3.8) is 0 Å². The van der Waals surface area contributed by atoms with E-state index in [2.05, 4.69) is 16.3 Å². The quantitative estimate of drug-likeness (QED) is 0.692. The molecule has 7 nitrogen and oxygen atoms in total. The van der Waals surface area contributed by atoms with Crippen LogP contribution in [0.4, 0.5) is 10.7 Å². The molecule has 1 amide bonds. The van der Waals surface area contributed by atoms with Crippen molar-refractivity contribution in [1.82, 2.24) is 4.31 Å². The second kappa shape index (κ2) is 8.95. The van der Waals surface area contributed by atoms with Crippen molar-refractivity contribution < 1.29 is 13.2 Å². The third-order valence-electron chi connectivity index (χ3n) is 5.03. The topological polar surface area (TPSA) is 93.5 Å². The molecular formula is C20H24N4O3S2. The number of fused-ring (bicyclic) bond motifs is 1. The Morgan fingerprint density at radius 3 is 2.76 bits per heavy atom. The molecule has 1 N–H and O–H groups in total. The summed E-state index contributed by atoms with van der Waals surface area (Å²) in [6.45, 7) is 5.83. The molecule has 3 rings (SSSR count). The lowest BCUT2D eigenvalue weighted by Crippen LogP contribution is -2.30. The van der Waals surface area contributed by atoms with Crippen LogP contribution in [0, 0.1) is 11.3 Å². The Balaban J connectivity index is 1.66. The summed E-state index contributed by atoms with van der Waals surface area (Å²) in [5, 5.41) is 14.2. The Kier molecular flexibility index (Phi) is 6.57. The number of amides is 1. The van der Waals surface area contributed by atoms with Crippen LogP contribution in [0.15, 0.2) is 34.5 Å². The van der Waals surface area contributed by atoms with Crippen LogP contribution >= 0.6 is 11.3 Å². The summed E-state index contributed by atoms with van der Waals surface area (Å²) in [6.07, 6.45) is 1.05. The molecule has 0 spiro atoms. The van der Waals surface area contributed by atoms with Gasteiger partial charge in [-0.25, -0.2) is 8.42 Å². The normalized spacial score (nSPS) is 13.4. The van der Waals surface area contributed by atoms with Gasteiger partial charge in [0.05, 0.1) is 10.5 Å². The van der Waals surface area contributed by atoms with E-state index in [1.54, 1.807) is 23.6 Å². The molecule has 1 aliphatic rings. The minimum Gasteiger partial charge on any atom is -0.370 e. The fourth-order valence-corrected chi connectivity index (χ4v) is 5.73. The van der Waals surface area contributed by atoms with E-state index in [9.17, 15) is 13.2 Å². The van der Waals surface area contributed by atoms with E-state index in [0.717, 1.165) is 24.2 Å². The molecule has 0 bridgehead atoms. The zero-order valence-corrected chi connectivity index (χ0v) is 18.1. The average Bonchev–Trinajstić information content (AvgIpc) is 3.32. The summed E-state index contributed by atoms with van der Waals surface area (Å²) in [4.78, 5) is 14.7. The van der Waals surface area contributed by atoms with Gasteiger partial charge in [-0.1, -0.05) is 13.8 Å². The third-order valence-corrected chi connectivity index (χ3v) is 7.91. The van der Waals surface area contributed by atoms with Crippen LogP contribution in [-0.4, -0.2) is 44.8 Å². The summed E-state index contributed by atoms with van der Waals surface area (Å²) >= 11 is 1.33. The SMILES string of the molecule is CCN(CC)S(=O)(=O)c1ccc2c(c1)CCN2CCC(=O)Nc1sccc1C#N. The molecule has 154 valence electrons. The molecule has 0 unspecified atom stereocenters. The first-order valence-corrected chi connectivity index (χ1v) is 11.9. The fourth-order valence-electron chi connectivity index (χ4n) is 3.47. The van der Waals surface area contributed by atoms with Gasteiger partial charge in [0.1, 0.15) is 11.1 Å². The number of benzene rings is 1. The van der Waals surface area contributed by atoms with Gasteiger partial charge in [-0.3, -0.25) is 4.79 Å². The molecule has 0 fully saturated rings. The van der Waals surface area contributed by atoms with Crippen molar-refractivity contribution in [2.24, 2.45) is 0 Å². The number of nitrogens with zero attached hydrogens (tertiary/aromatic N) is 3. The molecule has 9 heteroatoms. The highest BCUT2D eigenvalue weighted by Gasteiger charge is 2.26. The molecule has 0 aliphatic carbocycles. The molecule has 1 aromatic carbocycles. The molecule has 2 aromatic rings. The molecule has 0 radical (unpaired) electrons. The summed E-state index contributed by atoms with van der Waals surface area (Å²) in [5.41, 5.74) is 2.44. The van der Waals surface area contributed by atoms with Gasteiger partial charge in [0.25, 0.3) is 0 Å². The van der Waals surface area contributed by atoms with Gasteiger partial charge < -0.3 is 10.2 Å². The summed E-state index contributed by atoms with van der Waals surface area (Å²) in [5.74, 6) is -0.141. The van der Waals surface area contributed by atoms with E-state index in [4.69, 9.17) is 5.26 Å². The van der Waals surface area contributed by atoms with Gasteiger partial charge in [-0.15, -0.1) is 11.3 Å². The predicted molar refractivity (Wildman–Crippen MR) is 115 cm³/mol. The number of hydrogen-bond donors (Lipinski definition) is 1. The van der Waals surface area contributed by atoms with Crippen LogP contribution in [0.25, 0.3) is 0 Å². The molecule has 0 atom stereocenters. The van der Waals surface area contributed by atoms with Gasteiger partial charge in [0.15, 0.2) is 0 Å². The molecule has 1 aromatic heterocycles. The van der Waals surface area contributed by atoms with Crippen LogP contribution in [0.5, 0.6) is 0 Å². The number of carbonyl (C=O) groups excluding carboxylic acids is 1. The predicted octanol–water partition coefficient (Wildman–Crippen LogP) is 3.04. The molecule has 0 saturated carbocycles. The van der Waals surface area contributed by atoms with Crippen molar-refractivity contribution in [2.75, 3.05) is 36.4 Å². The summed E-state index contributed by atoms with van der Waals surface area (Å²) in [6, 6.07) is 8.98. The Bertz CT molecular complexity index is 1040. The summed E-state index contributed by atoms with van der Waals surface area (Å²) < 4.78 is 26.9. The second-order valence-electron chi connectivity index (χ2n) is 6.69. The number of carbonyl (C=O) groups is 1. The summed E-state index contributed by atoms with van der Waals surface area (Å²) in [7, 11) is -3.48. The Hall–Kier alpha value is -2.41. The van der Waals surface area contributed by atoms with Gasteiger partial charge in [0, 0.05) is 38.3 Å². The van der Waals surface area contributed by atoms with Crippen molar-refractivity contribution in [1.29, 1.82) is 5.26 Å². The van der Waals surface area contributed by atoms with Crippen LogP contribution in [-0.2, 0) is 21.2 Å². The fraction of sp³-hybridized carbons (Fsp3) is 0.400. The van der Waals surface area contributed by atoms with Crippen LogP contribution in [0.2, 0.25) is 0 Å². The molecule has 29 heavy (non-hydrogen) atoms. The van der Waals surface area contributed by atoms with Crippen LogP contribution < -0.4 is 10.2 Å². The van der Waals surface area contributed by atoms with E-state index in [1.165, 1.54) is 15.6 Å². The Morgan fingerprint density at radius 1 is 1.31 bits per heavy atom. The van der Waals surface area contributed by atoms with Crippen molar-refractivity contribution in [2.45, 2.75) is 31.6 Å². The lowest BCUT2D eigenvalue weighted by atomic mass is 10.2. The number of anilines is 2. The standard InChI is InChI=1S/C20H24N4O3S2/c1-3-24(4-2)29(26,27)17-5-6-18-15(13-17)7-10-23(18)11-8-19(25)22-20-16(14-21)9-12-28-20/h5-6,9,12-13H,3-4,7-8,10-11H2,1-2H3,(H,22,25). The van der Waals surface area contributed by atoms with E-state index in [1.807, 2.05) is 19.9 Å². The zero-order valence-electron chi connectivity index (χ0n) is 16.5. The Morgan fingerprint density at radius 2 is 2.07 bits per heavy atom. The largest absolute Gasteiger partial charge is 0.370 e. The highest BCUT2D eigenvalue weighted by molar-refractivity contribution is 7.89. The number of rotatable bonds is 8. The van der Waals surface area contributed by atoms with Crippen molar-refractivity contribution >= 4 is 38.0 Å². The first kappa shape index (κ1) is 21.3. The highest BCUT2D eigenvalue weighted by Crippen LogP contribution is 2.31. The first-order chi connectivity index (χ1) is 13.9. The zero-order chi connectivity index (χ0) is 21.0. The molecular weight excluding hydrogens is 408 g/mol. The average molecular weight is 433 g/mol. The number of hydrogen-bond acceptors (Lipinski definition) is 6. The monoisotopic (exact) mass is 432 g/mol. The molecule has 1 aliphatic heterocycles. The highest BCUT2D eigenvalue weighted by atomic mass is 32.2. The van der Waals surface area contributed by atoms with E-state index >= 15 is 0 Å². The minimum atomic E-state index is -3.48. The van der Waals surface area contributed by atoms with E-state index < -0.39 is 10.0 Å². The lowest BCUT2D eigenvalue weighted by Gasteiger charge is -2.21. The van der Waals surface area contributed by atoms with Gasteiger partial charge in [0.2, 0.25) is 15.9 Å². The number of nitrogens with one attached hydrogen (secondary N) is 1. The first-order valence-electron chi connectivity index (χ1n) is 9.56. The van der Waals surface area contributed by atoms with Gasteiger partial charge >= 0.3 is 0 Å². The maximum atomic E-state index is 12.7. The minimum absolute atomic E-state index is 0.141. The number of thiophene rings is 1. The smallest absolute Gasteiger partial charge is 0.243 e. The lowest BCUT2D eigenvalue weighted by molar-refractivity contribution is -0.116. The third kappa shape index (κ3) is 4.45. The van der Waals surface area contributed by atoms with Crippen LogP contribution in [0.1, 0.15) is 31.4 Å².